The highest BCUT2D eigenvalue weighted by molar-refractivity contribution is 7.98. The van der Waals surface area contributed by atoms with Crippen LogP contribution in [0.4, 0.5) is 0 Å². The van der Waals surface area contributed by atoms with Crippen LogP contribution < -0.4 is 5.32 Å². The van der Waals surface area contributed by atoms with E-state index < -0.39 is 0 Å². The molecular weight excluding hydrogens is 362 g/mol. The van der Waals surface area contributed by atoms with Crippen LogP contribution in [0.15, 0.2) is 34.5 Å². The fourth-order valence-corrected chi connectivity index (χ4v) is 4.79. The second-order valence-corrected chi connectivity index (χ2v) is 8.80. The summed E-state index contributed by atoms with van der Waals surface area (Å²) < 4.78 is 0. The maximum Gasteiger partial charge on any atom is 0.251 e. The number of aryl methyl sites for hydroxylation is 1. The highest BCUT2D eigenvalue weighted by atomic mass is 32.2. The molecular formula is C20H27N3OS2. The van der Waals surface area contributed by atoms with E-state index in [2.05, 4.69) is 27.5 Å². The van der Waals surface area contributed by atoms with E-state index in [9.17, 15) is 4.79 Å². The van der Waals surface area contributed by atoms with Crippen LogP contribution in [0.3, 0.4) is 0 Å². The maximum atomic E-state index is 12.4. The molecule has 1 aliphatic heterocycles. The molecule has 0 unspecified atom stereocenters. The number of likely N-dealkylation sites (tertiary alicyclic amines) is 1. The summed E-state index contributed by atoms with van der Waals surface area (Å²) in [4.78, 5) is 20.6. The number of carbonyl (C=O) groups is 1. The van der Waals surface area contributed by atoms with Crippen molar-refractivity contribution in [2.24, 2.45) is 0 Å². The summed E-state index contributed by atoms with van der Waals surface area (Å²) in [5, 5.41) is 6.32. The summed E-state index contributed by atoms with van der Waals surface area (Å²) in [5.74, 6) is 0.887. The third kappa shape index (κ3) is 5.32. The van der Waals surface area contributed by atoms with Crippen LogP contribution in [0.1, 0.15) is 47.2 Å². The van der Waals surface area contributed by atoms with E-state index in [-0.39, 0.29) is 5.91 Å². The van der Waals surface area contributed by atoms with Crippen LogP contribution in [0.5, 0.6) is 0 Å². The molecule has 1 saturated heterocycles. The normalized spacial score (nSPS) is 15.9. The van der Waals surface area contributed by atoms with Crippen LogP contribution in [0, 0.1) is 6.92 Å². The Morgan fingerprint density at radius 3 is 2.65 bits per heavy atom. The second-order valence-electron chi connectivity index (χ2n) is 6.69. The lowest BCUT2D eigenvalue weighted by atomic mass is 10.1. The molecule has 140 valence electrons. The van der Waals surface area contributed by atoms with E-state index in [1.54, 1.807) is 23.1 Å². The van der Waals surface area contributed by atoms with Crippen LogP contribution >= 0.6 is 23.1 Å². The zero-order chi connectivity index (χ0) is 18.4. The van der Waals surface area contributed by atoms with Crippen molar-refractivity contribution in [1.29, 1.82) is 0 Å². The standard InChI is InChI=1S/C20H27N3OS2/c1-3-18(23-10-4-5-11-23)12-21-20(24)16-6-8-19(9-7-16)26-14-17-13-25-15(2)22-17/h6-9,13,18H,3-5,10-12,14H2,1-2H3,(H,21,24)/t18-/m0/s1. The number of amides is 1. The van der Waals surface area contributed by atoms with Gasteiger partial charge in [0.25, 0.3) is 5.91 Å². The number of nitrogens with zero attached hydrogens (tertiary/aromatic N) is 2. The van der Waals surface area contributed by atoms with Gasteiger partial charge in [0.15, 0.2) is 0 Å². The largest absolute Gasteiger partial charge is 0.350 e. The number of thiazole rings is 1. The average molecular weight is 390 g/mol. The molecule has 1 aromatic heterocycles. The number of hydrogen-bond donors (Lipinski definition) is 1. The molecule has 1 fully saturated rings. The predicted molar refractivity (Wildman–Crippen MR) is 110 cm³/mol. The number of thioether (sulfide) groups is 1. The SMILES string of the molecule is CC[C@@H](CNC(=O)c1ccc(SCc2csc(C)n2)cc1)N1CCCC1. The topological polar surface area (TPSA) is 45.2 Å². The Hall–Kier alpha value is -1.37. The highest BCUT2D eigenvalue weighted by Gasteiger charge is 2.20. The van der Waals surface area contributed by atoms with E-state index >= 15 is 0 Å². The summed E-state index contributed by atoms with van der Waals surface area (Å²) >= 11 is 3.44. The van der Waals surface area contributed by atoms with Gasteiger partial charge in [0.2, 0.25) is 0 Å². The number of benzene rings is 1. The molecule has 2 heterocycles. The van der Waals surface area contributed by atoms with Crippen molar-refractivity contribution in [3.8, 4) is 0 Å². The Bertz CT molecular complexity index is 708. The van der Waals surface area contributed by atoms with Crippen molar-refractivity contribution in [2.75, 3.05) is 19.6 Å². The first-order valence-corrected chi connectivity index (χ1v) is 11.2. The van der Waals surface area contributed by atoms with Crippen molar-refractivity contribution < 1.29 is 4.79 Å². The smallest absolute Gasteiger partial charge is 0.251 e. The first kappa shape index (κ1) is 19.4. The minimum Gasteiger partial charge on any atom is -0.350 e. The summed E-state index contributed by atoms with van der Waals surface area (Å²) in [6.07, 6.45) is 3.64. The Kier molecular flexibility index (Phi) is 7.11. The van der Waals surface area contributed by atoms with E-state index in [1.165, 1.54) is 25.9 Å². The van der Waals surface area contributed by atoms with Crippen molar-refractivity contribution >= 4 is 29.0 Å². The molecule has 0 aliphatic carbocycles. The van der Waals surface area contributed by atoms with Gasteiger partial charge in [0.1, 0.15) is 0 Å². The van der Waals surface area contributed by atoms with Gasteiger partial charge >= 0.3 is 0 Å². The molecule has 3 rings (SSSR count). The molecule has 4 nitrogen and oxygen atoms in total. The zero-order valence-corrected chi connectivity index (χ0v) is 17.2. The fourth-order valence-electron chi connectivity index (χ4n) is 3.29. The summed E-state index contributed by atoms with van der Waals surface area (Å²) in [5.41, 5.74) is 1.85. The number of aromatic nitrogens is 1. The lowest BCUT2D eigenvalue weighted by Gasteiger charge is -2.26. The molecule has 1 aliphatic rings. The first-order valence-electron chi connectivity index (χ1n) is 9.32. The van der Waals surface area contributed by atoms with E-state index in [0.29, 0.717) is 6.04 Å². The lowest BCUT2D eigenvalue weighted by Crippen LogP contribution is -2.42. The second kappa shape index (κ2) is 9.53. The number of rotatable bonds is 8. The zero-order valence-electron chi connectivity index (χ0n) is 15.5. The third-order valence-electron chi connectivity index (χ3n) is 4.80. The summed E-state index contributed by atoms with van der Waals surface area (Å²) in [6.45, 7) is 7.29. The van der Waals surface area contributed by atoms with E-state index in [0.717, 1.165) is 39.9 Å². The summed E-state index contributed by atoms with van der Waals surface area (Å²) in [7, 11) is 0. The van der Waals surface area contributed by atoms with Crippen molar-refractivity contribution in [3.63, 3.8) is 0 Å². The van der Waals surface area contributed by atoms with Gasteiger partial charge < -0.3 is 5.32 Å². The minimum absolute atomic E-state index is 0.0225. The summed E-state index contributed by atoms with van der Waals surface area (Å²) in [6, 6.07) is 8.34. The van der Waals surface area contributed by atoms with Crippen molar-refractivity contribution in [3.05, 3.63) is 45.9 Å². The van der Waals surface area contributed by atoms with Gasteiger partial charge in [-0.2, -0.15) is 0 Å². The van der Waals surface area contributed by atoms with Gasteiger partial charge in [0.05, 0.1) is 10.7 Å². The molecule has 0 saturated carbocycles. The van der Waals surface area contributed by atoms with Gasteiger partial charge in [0, 0.05) is 34.2 Å². The van der Waals surface area contributed by atoms with Gasteiger partial charge in [-0.05, 0) is 63.5 Å². The van der Waals surface area contributed by atoms with Crippen LogP contribution in [0.2, 0.25) is 0 Å². The molecule has 0 spiro atoms. The number of hydrogen-bond acceptors (Lipinski definition) is 5. The van der Waals surface area contributed by atoms with Crippen molar-refractivity contribution in [1.82, 2.24) is 15.2 Å². The molecule has 1 atom stereocenters. The third-order valence-corrected chi connectivity index (χ3v) is 6.66. The van der Waals surface area contributed by atoms with Crippen LogP contribution in [0.25, 0.3) is 0 Å². The van der Waals surface area contributed by atoms with Crippen LogP contribution in [-0.2, 0) is 5.75 Å². The Balaban J connectivity index is 1.48. The Labute approximate surface area is 164 Å². The molecule has 0 bridgehead atoms. The maximum absolute atomic E-state index is 12.4. The monoisotopic (exact) mass is 389 g/mol. The molecule has 1 amide bonds. The minimum atomic E-state index is 0.0225. The van der Waals surface area contributed by atoms with Gasteiger partial charge in [-0.25, -0.2) is 4.98 Å². The molecule has 26 heavy (non-hydrogen) atoms. The molecule has 1 N–H and O–H groups in total. The van der Waals surface area contributed by atoms with Gasteiger partial charge in [-0.1, -0.05) is 6.92 Å². The van der Waals surface area contributed by atoms with Gasteiger partial charge in [-0.15, -0.1) is 23.1 Å². The first-order chi connectivity index (χ1) is 12.7. The number of carbonyl (C=O) groups excluding carboxylic acids is 1. The highest BCUT2D eigenvalue weighted by Crippen LogP contribution is 2.24. The number of nitrogens with one attached hydrogen (secondary N) is 1. The molecule has 0 radical (unpaired) electrons. The average Bonchev–Trinajstić information content (AvgIpc) is 3.33. The molecule has 6 heteroatoms. The van der Waals surface area contributed by atoms with E-state index in [1.807, 2.05) is 31.2 Å². The Morgan fingerprint density at radius 1 is 1.31 bits per heavy atom. The quantitative estimate of drug-likeness (QED) is 0.682. The van der Waals surface area contributed by atoms with Crippen LogP contribution in [-0.4, -0.2) is 41.5 Å². The molecule has 2 aromatic rings. The Morgan fingerprint density at radius 2 is 2.04 bits per heavy atom. The van der Waals surface area contributed by atoms with E-state index in [4.69, 9.17) is 0 Å². The van der Waals surface area contributed by atoms with Gasteiger partial charge in [-0.3, -0.25) is 9.69 Å². The van der Waals surface area contributed by atoms with Crippen molar-refractivity contribution in [2.45, 2.75) is 49.8 Å². The molecule has 1 aromatic carbocycles. The lowest BCUT2D eigenvalue weighted by molar-refractivity contribution is 0.0937. The fraction of sp³-hybridized carbons (Fsp3) is 0.500. The predicted octanol–water partition coefficient (Wildman–Crippen LogP) is 4.35.